The predicted octanol–water partition coefficient (Wildman–Crippen LogP) is 5.35. The third-order valence-corrected chi connectivity index (χ3v) is 6.76. The summed E-state index contributed by atoms with van der Waals surface area (Å²) in [6, 6.07) is 27.5. The Labute approximate surface area is 202 Å². The number of pyridine rings is 2. The van der Waals surface area contributed by atoms with Crippen LogP contribution in [0.15, 0.2) is 114 Å². The fourth-order valence-corrected chi connectivity index (χ4v) is 4.78. The van der Waals surface area contributed by atoms with Gasteiger partial charge in [0.1, 0.15) is 0 Å². The molecule has 0 spiro atoms. The molecule has 8 heteroatoms. The van der Waals surface area contributed by atoms with Crippen LogP contribution < -0.4 is 10.0 Å². The molecule has 2 aromatic heterocycles. The number of hydrogen-bond acceptors (Lipinski definition) is 5. The van der Waals surface area contributed by atoms with Crippen LogP contribution in [0, 0.1) is 0 Å². The minimum Gasteiger partial charge on any atom is -0.322 e. The molecule has 35 heavy (non-hydrogen) atoms. The number of hydrogen-bond donors (Lipinski definition) is 2. The van der Waals surface area contributed by atoms with E-state index in [1.54, 1.807) is 60.9 Å². The van der Waals surface area contributed by atoms with Crippen LogP contribution in [0.4, 0.5) is 11.4 Å². The first kappa shape index (κ1) is 22.2. The van der Waals surface area contributed by atoms with Gasteiger partial charge in [-0.25, -0.2) is 13.4 Å². The molecule has 5 rings (SSSR count). The lowest BCUT2D eigenvalue weighted by molar-refractivity contribution is 0.102. The van der Waals surface area contributed by atoms with E-state index in [1.165, 1.54) is 12.1 Å². The van der Waals surface area contributed by atoms with Gasteiger partial charge < -0.3 is 5.32 Å². The number of para-hydroxylation sites is 1. The highest BCUT2D eigenvalue weighted by atomic mass is 32.2. The first-order valence-corrected chi connectivity index (χ1v) is 12.3. The molecule has 0 fully saturated rings. The third kappa shape index (κ3) is 4.87. The Hall–Kier alpha value is -4.56. The maximum absolute atomic E-state index is 13.3. The summed E-state index contributed by atoms with van der Waals surface area (Å²) in [5.41, 5.74) is 3.44. The van der Waals surface area contributed by atoms with Crippen molar-refractivity contribution < 1.29 is 13.2 Å². The van der Waals surface area contributed by atoms with Crippen molar-refractivity contribution in [2.45, 2.75) is 4.90 Å². The van der Waals surface area contributed by atoms with Crippen LogP contribution in [-0.2, 0) is 10.0 Å². The van der Waals surface area contributed by atoms with E-state index in [1.807, 2.05) is 36.4 Å². The first-order chi connectivity index (χ1) is 17.0. The maximum atomic E-state index is 13.3. The number of sulfonamides is 1. The highest BCUT2D eigenvalue weighted by Gasteiger charge is 2.16. The van der Waals surface area contributed by atoms with Gasteiger partial charge in [0.2, 0.25) is 0 Å². The molecule has 0 aliphatic rings. The molecular weight excluding hydrogens is 460 g/mol. The molecule has 0 saturated heterocycles. The minimum absolute atomic E-state index is 0.154. The number of amides is 1. The number of carbonyl (C=O) groups excluding carboxylic acids is 1. The lowest BCUT2D eigenvalue weighted by atomic mass is 10.0. The molecule has 5 aromatic rings. The summed E-state index contributed by atoms with van der Waals surface area (Å²) >= 11 is 0. The highest BCUT2D eigenvalue weighted by Crippen LogP contribution is 2.26. The van der Waals surface area contributed by atoms with E-state index in [0.29, 0.717) is 33.5 Å². The van der Waals surface area contributed by atoms with Gasteiger partial charge in [0.25, 0.3) is 15.9 Å². The standard InChI is InChI=1S/C27H20N4O3S/c32-27(24-18-26(19-13-15-28-16-14-19)30-25-12-5-4-11-23(24)25)29-20-7-6-8-21(17-20)31-35(33,34)22-9-2-1-3-10-22/h1-18,31H,(H,29,32). The zero-order chi connectivity index (χ0) is 24.3. The van der Waals surface area contributed by atoms with Crippen LogP contribution in [-0.4, -0.2) is 24.3 Å². The SMILES string of the molecule is O=C(Nc1cccc(NS(=O)(=O)c2ccccc2)c1)c1cc(-c2ccncc2)nc2ccccc12. The minimum atomic E-state index is -3.75. The van der Waals surface area contributed by atoms with Crippen molar-refractivity contribution in [3.63, 3.8) is 0 Å². The van der Waals surface area contributed by atoms with Crippen LogP contribution in [0.1, 0.15) is 10.4 Å². The molecule has 2 heterocycles. The molecule has 0 unspecified atom stereocenters. The van der Waals surface area contributed by atoms with Crippen molar-refractivity contribution in [1.82, 2.24) is 9.97 Å². The summed E-state index contributed by atoms with van der Waals surface area (Å²) in [4.78, 5) is 22.2. The Morgan fingerprint density at radius 2 is 1.46 bits per heavy atom. The van der Waals surface area contributed by atoms with Gasteiger partial charge in [-0.15, -0.1) is 0 Å². The van der Waals surface area contributed by atoms with Crippen molar-refractivity contribution in [2.75, 3.05) is 10.0 Å². The van der Waals surface area contributed by atoms with Gasteiger partial charge in [-0.05, 0) is 54.6 Å². The number of nitrogens with one attached hydrogen (secondary N) is 2. The van der Waals surface area contributed by atoms with Crippen molar-refractivity contribution in [3.05, 3.63) is 115 Å². The summed E-state index contributed by atoms with van der Waals surface area (Å²) < 4.78 is 27.9. The molecule has 2 N–H and O–H groups in total. The molecule has 0 atom stereocenters. The van der Waals surface area contributed by atoms with Crippen LogP contribution >= 0.6 is 0 Å². The zero-order valence-electron chi connectivity index (χ0n) is 18.4. The lowest BCUT2D eigenvalue weighted by Crippen LogP contribution is -2.15. The largest absolute Gasteiger partial charge is 0.322 e. The summed E-state index contributed by atoms with van der Waals surface area (Å²) in [6.45, 7) is 0. The van der Waals surface area contributed by atoms with Crippen LogP contribution in [0.3, 0.4) is 0 Å². The summed E-state index contributed by atoms with van der Waals surface area (Å²) in [5.74, 6) is -0.332. The second-order valence-electron chi connectivity index (χ2n) is 7.76. The van der Waals surface area contributed by atoms with Gasteiger partial charge in [-0.3, -0.25) is 14.5 Å². The van der Waals surface area contributed by atoms with Crippen molar-refractivity contribution in [1.29, 1.82) is 0 Å². The third-order valence-electron chi connectivity index (χ3n) is 5.36. The average molecular weight is 481 g/mol. The fraction of sp³-hybridized carbons (Fsp3) is 0. The smallest absolute Gasteiger partial charge is 0.261 e. The number of benzene rings is 3. The van der Waals surface area contributed by atoms with Gasteiger partial charge >= 0.3 is 0 Å². The molecular formula is C27H20N4O3S. The van der Waals surface area contributed by atoms with Gasteiger partial charge in [-0.1, -0.05) is 42.5 Å². The number of carbonyl (C=O) groups is 1. The van der Waals surface area contributed by atoms with Gasteiger partial charge in [-0.2, -0.15) is 0 Å². The quantitative estimate of drug-likeness (QED) is 0.341. The van der Waals surface area contributed by atoms with Crippen molar-refractivity contribution >= 4 is 38.2 Å². The zero-order valence-corrected chi connectivity index (χ0v) is 19.2. The monoisotopic (exact) mass is 480 g/mol. The molecule has 0 radical (unpaired) electrons. The fourth-order valence-electron chi connectivity index (χ4n) is 3.71. The number of fused-ring (bicyclic) bond motifs is 1. The van der Waals surface area contributed by atoms with E-state index in [0.717, 1.165) is 5.56 Å². The summed E-state index contributed by atoms with van der Waals surface area (Å²) in [7, 11) is -3.75. The predicted molar refractivity (Wildman–Crippen MR) is 137 cm³/mol. The van der Waals surface area contributed by atoms with E-state index in [9.17, 15) is 13.2 Å². The van der Waals surface area contributed by atoms with Crippen LogP contribution in [0.2, 0.25) is 0 Å². The number of aromatic nitrogens is 2. The second-order valence-corrected chi connectivity index (χ2v) is 9.44. The van der Waals surface area contributed by atoms with Gasteiger partial charge in [0, 0.05) is 29.0 Å². The molecule has 0 saturated carbocycles. The Bertz CT molecular complexity index is 1620. The van der Waals surface area contributed by atoms with Gasteiger partial charge in [0.15, 0.2) is 0 Å². The second kappa shape index (κ2) is 9.36. The van der Waals surface area contributed by atoms with E-state index in [4.69, 9.17) is 4.98 Å². The molecule has 172 valence electrons. The summed E-state index contributed by atoms with van der Waals surface area (Å²) in [6.07, 6.45) is 3.35. The highest BCUT2D eigenvalue weighted by molar-refractivity contribution is 7.92. The normalized spacial score (nSPS) is 11.2. The van der Waals surface area contributed by atoms with E-state index in [2.05, 4.69) is 15.0 Å². The topological polar surface area (TPSA) is 101 Å². The Kier molecular flexibility index (Phi) is 5.95. The molecule has 0 aliphatic heterocycles. The maximum Gasteiger partial charge on any atom is 0.261 e. The number of nitrogens with zero attached hydrogens (tertiary/aromatic N) is 2. The number of rotatable bonds is 6. The lowest BCUT2D eigenvalue weighted by Gasteiger charge is -2.12. The first-order valence-electron chi connectivity index (χ1n) is 10.8. The molecule has 1 amide bonds. The van der Waals surface area contributed by atoms with E-state index >= 15 is 0 Å². The Morgan fingerprint density at radius 3 is 2.26 bits per heavy atom. The van der Waals surface area contributed by atoms with Crippen LogP contribution in [0.25, 0.3) is 22.2 Å². The van der Waals surface area contributed by atoms with Crippen molar-refractivity contribution in [2.24, 2.45) is 0 Å². The number of anilines is 2. The molecule has 0 aliphatic carbocycles. The Balaban J connectivity index is 1.45. The Morgan fingerprint density at radius 1 is 0.743 bits per heavy atom. The van der Waals surface area contributed by atoms with Gasteiger partial charge in [0.05, 0.1) is 27.4 Å². The molecule has 0 bridgehead atoms. The molecule has 3 aromatic carbocycles. The van der Waals surface area contributed by atoms with Crippen molar-refractivity contribution in [3.8, 4) is 11.3 Å². The average Bonchev–Trinajstić information content (AvgIpc) is 2.89. The van der Waals surface area contributed by atoms with Crippen LogP contribution in [0.5, 0.6) is 0 Å². The van der Waals surface area contributed by atoms with E-state index < -0.39 is 10.0 Å². The molecule has 7 nitrogen and oxygen atoms in total. The summed E-state index contributed by atoms with van der Waals surface area (Å²) in [5, 5.41) is 3.59. The van der Waals surface area contributed by atoms with E-state index in [-0.39, 0.29) is 10.8 Å².